The fourth-order valence-corrected chi connectivity index (χ4v) is 2.62. The molecule has 0 saturated carbocycles. The summed E-state index contributed by atoms with van der Waals surface area (Å²) in [6.07, 6.45) is 2.60. The van der Waals surface area contributed by atoms with E-state index in [0.29, 0.717) is 5.92 Å². The van der Waals surface area contributed by atoms with E-state index in [9.17, 15) is 0 Å². The van der Waals surface area contributed by atoms with Crippen molar-refractivity contribution in [2.24, 2.45) is 5.92 Å². The van der Waals surface area contributed by atoms with Crippen LogP contribution in [0.5, 0.6) is 0 Å². The first-order valence-electron chi connectivity index (χ1n) is 6.77. The zero-order valence-electron chi connectivity index (χ0n) is 11.5. The molecule has 94 valence electrons. The van der Waals surface area contributed by atoms with Gasteiger partial charge in [0.05, 0.1) is 0 Å². The van der Waals surface area contributed by atoms with Gasteiger partial charge in [0.2, 0.25) is 0 Å². The molecule has 2 heteroatoms. The second-order valence-corrected chi connectivity index (χ2v) is 5.09. The topological polar surface area (TPSA) is 6.48 Å². The lowest BCUT2D eigenvalue weighted by molar-refractivity contribution is 0.129. The molecule has 0 unspecified atom stereocenters. The number of likely N-dealkylation sites (tertiary alicyclic amines) is 1. The number of nitrogens with zero attached hydrogens (tertiary/aromatic N) is 2. The van der Waals surface area contributed by atoms with E-state index >= 15 is 0 Å². The smallest absolute Gasteiger partial charge is 0.0189 e. The van der Waals surface area contributed by atoms with Gasteiger partial charge in [-0.2, -0.15) is 0 Å². The standard InChI is InChI=1S/C14H28N2/c1-6-15(7-2)14-8-10-16(11-9-14)13(5)12(3)4/h12,14H,5-11H2,1-4H3. The van der Waals surface area contributed by atoms with Crippen LogP contribution in [0.15, 0.2) is 12.3 Å². The molecule has 0 amide bonds. The van der Waals surface area contributed by atoms with Crippen molar-refractivity contribution in [3.63, 3.8) is 0 Å². The van der Waals surface area contributed by atoms with Crippen molar-refractivity contribution in [2.75, 3.05) is 26.2 Å². The van der Waals surface area contributed by atoms with Gasteiger partial charge in [-0.15, -0.1) is 0 Å². The van der Waals surface area contributed by atoms with Crippen LogP contribution in [0.25, 0.3) is 0 Å². The van der Waals surface area contributed by atoms with Gasteiger partial charge in [0, 0.05) is 24.8 Å². The van der Waals surface area contributed by atoms with Gasteiger partial charge in [-0.05, 0) is 31.8 Å². The van der Waals surface area contributed by atoms with Gasteiger partial charge >= 0.3 is 0 Å². The molecule has 1 heterocycles. The summed E-state index contributed by atoms with van der Waals surface area (Å²) in [7, 11) is 0. The summed E-state index contributed by atoms with van der Waals surface area (Å²) in [5.41, 5.74) is 1.32. The Labute approximate surface area is 101 Å². The van der Waals surface area contributed by atoms with Gasteiger partial charge in [-0.3, -0.25) is 0 Å². The molecule has 0 aromatic heterocycles. The molecule has 0 aromatic rings. The van der Waals surface area contributed by atoms with Crippen LogP contribution in [0.2, 0.25) is 0 Å². The van der Waals surface area contributed by atoms with Crippen molar-refractivity contribution in [3.8, 4) is 0 Å². The molecule has 1 fully saturated rings. The van der Waals surface area contributed by atoms with Crippen LogP contribution in [0.1, 0.15) is 40.5 Å². The minimum atomic E-state index is 0.588. The van der Waals surface area contributed by atoms with Gasteiger partial charge in [0.25, 0.3) is 0 Å². The molecule has 1 saturated heterocycles. The highest BCUT2D eigenvalue weighted by Gasteiger charge is 2.23. The molecule has 0 aromatic carbocycles. The molecule has 0 aliphatic carbocycles. The Balaban J connectivity index is 2.42. The maximum atomic E-state index is 4.20. The van der Waals surface area contributed by atoms with E-state index in [-0.39, 0.29) is 0 Å². The third kappa shape index (κ3) is 3.24. The Morgan fingerprint density at radius 1 is 1.25 bits per heavy atom. The van der Waals surface area contributed by atoms with E-state index < -0.39 is 0 Å². The SMILES string of the molecule is C=C(C(C)C)N1CCC(N(CC)CC)CC1. The summed E-state index contributed by atoms with van der Waals surface area (Å²) in [5, 5.41) is 0. The molecular formula is C14H28N2. The van der Waals surface area contributed by atoms with Crippen molar-refractivity contribution in [3.05, 3.63) is 12.3 Å². The molecule has 1 rings (SSSR count). The fraction of sp³-hybridized carbons (Fsp3) is 0.857. The molecule has 0 N–H and O–H groups in total. The Hall–Kier alpha value is -0.500. The van der Waals surface area contributed by atoms with Gasteiger partial charge in [0.1, 0.15) is 0 Å². The summed E-state index contributed by atoms with van der Waals surface area (Å²) >= 11 is 0. The van der Waals surface area contributed by atoms with E-state index in [1.165, 1.54) is 44.7 Å². The van der Waals surface area contributed by atoms with Crippen LogP contribution >= 0.6 is 0 Å². The van der Waals surface area contributed by atoms with E-state index in [1.807, 2.05) is 0 Å². The first-order valence-corrected chi connectivity index (χ1v) is 6.77. The summed E-state index contributed by atoms with van der Waals surface area (Å²) in [5.74, 6) is 0.588. The number of allylic oxidation sites excluding steroid dienone is 1. The highest BCUT2D eigenvalue weighted by molar-refractivity contribution is 4.99. The molecule has 1 aliphatic heterocycles. The van der Waals surface area contributed by atoms with E-state index in [1.54, 1.807) is 0 Å². The summed E-state index contributed by atoms with van der Waals surface area (Å²) in [6.45, 7) is 18.0. The monoisotopic (exact) mass is 224 g/mol. The van der Waals surface area contributed by atoms with Gasteiger partial charge in [0.15, 0.2) is 0 Å². The predicted molar refractivity (Wildman–Crippen MR) is 71.5 cm³/mol. The van der Waals surface area contributed by atoms with Crippen LogP contribution in [0, 0.1) is 5.92 Å². The van der Waals surface area contributed by atoms with Crippen molar-refractivity contribution >= 4 is 0 Å². The summed E-state index contributed by atoms with van der Waals surface area (Å²) < 4.78 is 0. The molecule has 2 nitrogen and oxygen atoms in total. The second-order valence-electron chi connectivity index (χ2n) is 5.09. The lowest BCUT2D eigenvalue weighted by Crippen LogP contribution is -2.44. The minimum absolute atomic E-state index is 0.588. The normalized spacial score (nSPS) is 18.5. The second kappa shape index (κ2) is 6.29. The van der Waals surface area contributed by atoms with Gasteiger partial charge in [-0.1, -0.05) is 34.3 Å². The van der Waals surface area contributed by atoms with Crippen LogP contribution < -0.4 is 0 Å². The molecule has 0 radical (unpaired) electrons. The average molecular weight is 224 g/mol. The number of piperidine rings is 1. The number of hydrogen-bond donors (Lipinski definition) is 0. The molecular weight excluding hydrogens is 196 g/mol. The van der Waals surface area contributed by atoms with Crippen LogP contribution in [0.3, 0.4) is 0 Å². The quantitative estimate of drug-likeness (QED) is 0.708. The predicted octanol–water partition coefficient (Wildman–Crippen LogP) is 2.96. The van der Waals surface area contributed by atoms with Crippen LogP contribution in [-0.2, 0) is 0 Å². The number of hydrogen-bond acceptors (Lipinski definition) is 2. The maximum absolute atomic E-state index is 4.20. The van der Waals surface area contributed by atoms with Crippen LogP contribution in [-0.4, -0.2) is 42.0 Å². The number of rotatable bonds is 5. The molecule has 16 heavy (non-hydrogen) atoms. The van der Waals surface area contributed by atoms with Crippen LogP contribution in [0.4, 0.5) is 0 Å². The lowest BCUT2D eigenvalue weighted by Gasteiger charge is -2.40. The fourth-order valence-electron chi connectivity index (χ4n) is 2.62. The van der Waals surface area contributed by atoms with Gasteiger partial charge < -0.3 is 9.80 Å². The summed E-state index contributed by atoms with van der Waals surface area (Å²) in [6, 6.07) is 0.797. The van der Waals surface area contributed by atoms with Crippen molar-refractivity contribution in [1.29, 1.82) is 0 Å². The van der Waals surface area contributed by atoms with E-state index in [2.05, 4.69) is 44.1 Å². The Kier molecular flexibility index (Phi) is 5.33. The molecule has 0 spiro atoms. The lowest BCUT2D eigenvalue weighted by atomic mass is 10.0. The van der Waals surface area contributed by atoms with E-state index in [4.69, 9.17) is 0 Å². The van der Waals surface area contributed by atoms with Gasteiger partial charge in [-0.25, -0.2) is 0 Å². The third-order valence-corrected chi connectivity index (χ3v) is 3.87. The summed E-state index contributed by atoms with van der Waals surface area (Å²) in [4.78, 5) is 5.07. The maximum Gasteiger partial charge on any atom is 0.0189 e. The first-order chi connectivity index (χ1) is 7.60. The van der Waals surface area contributed by atoms with Crippen molar-refractivity contribution in [1.82, 2.24) is 9.80 Å². The Morgan fingerprint density at radius 2 is 1.75 bits per heavy atom. The largest absolute Gasteiger partial charge is 0.375 e. The average Bonchev–Trinajstić information content (AvgIpc) is 2.30. The van der Waals surface area contributed by atoms with Crippen molar-refractivity contribution in [2.45, 2.75) is 46.6 Å². The molecule has 0 bridgehead atoms. The van der Waals surface area contributed by atoms with E-state index in [0.717, 1.165) is 6.04 Å². The zero-order chi connectivity index (χ0) is 12.1. The third-order valence-electron chi connectivity index (χ3n) is 3.87. The van der Waals surface area contributed by atoms with Crippen molar-refractivity contribution < 1.29 is 0 Å². The highest BCUT2D eigenvalue weighted by atomic mass is 15.2. The molecule has 1 aliphatic rings. The Morgan fingerprint density at radius 3 is 2.12 bits per heavy atom. The Bertz CT molecular complexity index is 211. The highest BCUT2D eigenvalue weighted by Crippen LogP contribution is 2.22. The first kappa shape index (κ1) is 13.6. The minimum Gasteiger partial charge on any atom is -0.375 e. The molecule has 0 atom stereocenters. The zero-order valence-corrected chi connectivity index (χ0v) is 11.5.